The monoisotopic (exact) mass is 793 g/mol. The quantitative estimate of drug-likeness (QED) is 0.0347. The molecule has 0 bridgehead atoms. The van der Waals surface area contributed by atoms with Gasteiger partial charge in [0.1, 0.15) is 13.2 Å². The summed E-state index contributed by atoms with van der Waals surface area (Å²) in [4.78, 5) is 37.8. The first-order valence-electron chi connectivity index (χ1n) is 24.9. The molecule has 6 heteroatoms. The summed E-state index contributed by atoms with van der Waals surface area (Å²) in [6.45, 7) is 9.01. The minimum absolute atomic E-state index is 0.0630. The standard InChI is InChI=1S/C50H96O6/c1-5-7-9-11-13-15-17-21-25-29-33-37-41-48(51)54-44-47(56-50(53)43-39-35-31-27-22-18-16-14-12-10-8-6-2)45-55-49(52)42-38-34-30-26-23-19-20-24-28-32-36-40-46(3)4/h46-47H,5-45H2,1-4H3/t47-/m0/s1. The fourth-order valence-corrected chi connectivity index (χ4v) is 7.51. The maximum absolute atomic E-state index is 12.7. The Labute approximate surface area is 348 Å². The van der Waals surface area contributed by atoms with Crippen molar-refractivity contribution in [2.75, 3.05) is 13.2 Å². The van der Waals surface area contributed by atoms with Gasteiger partial charge in [-0.3, -0.25) is 14.4 Å². The van der Waals surface area contributed by atoms with Gasteiger partial charge in [-0.25, -0.2) is 0 Å². The molecule has 332 valence electrons. The van der Waals surface area contributed by atoms with Crippen LogP contribution in [-0.2, 0) is 28.6 Å². The lowest BCUT2D eigenvalue weighted by Crippen LogP contribution is -2.30. The van der Waals surface area contributed by atoms with Crippen LogP contribution in [0.2, 0.25) is 0 Å². The molecule has 0 rings (SSSR count). The van der Waals surface area contributed by atoms with Crippen molar-refractivity contribution in [1.29, 1.82) is 0 Å². The van der Waals surface area contributed by atoms with Crippen LogP contribution in [0, 0.1) is 5.92 Å². The largest absolute Gasteiger partial charge is 0.462 e. The summed E-state index contributed by atoms with van der Waals surface area (Å²) in [7, 11) is 0. The molecule has 0 spiro atoms. The molecule has 0 aromatic heterocycles. The molecule has 0 saturated heterocycles. The van der Waals surface area contributed by atoms with Crippen LogP contribution in [-0.4, -0.2) is 37.2 Å². The molecule has 0 aliphatic rings. The Morgan fingerprint density at radius 1 is 0.339 bits per heavy atom. The first kappa shape index (κ1) is 54.4. The summed E-state index contributed by atoms with van der Waals surface area (Å²) in [5.74, 6) is -0.0205. The van der Waals surface area contributed by atoms with Gasteiger partial charge in [-0.05, 0) is 25.2 Å². The third kappa shape index (κ3) is 43.5. The summed E-state index contributed by atoms with van der Waals surface area (Å²) in [6, 6.07) is 0. The van der Waals surface area contributed by atoms with Crippen LogP contribution in [0.4, 0.5) is 0 Å². The zero-order chi connectivity index (χ0) is 41.0. The van der Waals surface area contributed by atoms with E-state index in [1.807, 2.05) is 0 Å². The number of esters is 3. The minimum atomic E-state index is -0.759. The van der Waals surface area contributed by atoms with Gasteiger partial charge in [0.25, 0.3) is 0 Å². The van der Waals surface area contributed by atoms with Crippen LogP contribution in [0.1, 0.15) is 278 Å². The Bertz CT molecular complexity index is 841. The highest BCUT2D eigenvalue weighted by Gasteiger charge is 2.19. The molecule has 1 atom stereocenters. The van der Waals surface area contributed by atoms with E-state index in [4.69, 9.17) is 14.2 Å². The maximum Gasteiger partial charge on any atom is 0.306 e. The predicted molar refractivity (Wildman–Crippen MR) is 238 cm³/mol. The van der Waals surface area contributed by atoms with Crippen LogP contribution in [0.5, 0.6) is 0 Å². The van der Waals surface area contributed by atoms with E-state index < -0.39 is 6.10 Å². The Kier molecular flexibility index (Phi) is 43.2. The Morgan fingerprint density at radius 3 is 0.875 bits per heavy atom. The molecule has 0 aliphatic carbocycles. The van der Waals surface area contributed by atoms with Crippen molar-refractivity contribution < 1.29 is 28.6 Å². The molecule has 0 aromatic carbocycles. The molecule has 0 amide bonds. The van der Waals surface area contributed by atoms with Gasteiger partial charge in [-0.1, -0.05) is 240 Å². The summed E-state index contributed by atoms with van der Waals surface area (Å²) < 4.78 is 16.8. The van der Waals surface area contributed by atoms with Gasteiger partial charge in [0.15, 0.2) is 6.10 Å². The first-order valence-corrected chi connectivity index (χ1v) is 24.9. The third-order valence-corrected chi connectivity index (χ3v) is 11.3. The van der Waals surface area contributed by atoms with Crippen LogP contribution >= 0.6 is 0 Å². The smallest absolute Gasteiger partial charge is 0.306 e. The van der Waals surface area contributed by atoms with Gasteiger partial charge in [0.05, 0.1) is 0 Å². The second kappa shape index (κ2) is 44.5. The van der Waals surface area contributed by atoms with Gasteiger partial charge in [-0.15, -0.1) is 0 Å². The Hall–Kier alpha value is -1.59. The zero-order valence-electron chi connectivity index (χ0n) is 38.1. The lowest BCUT2D eigenvalue weighted by molar-refractivity contribution is -0.167. The fraction of sp³-hybridized carbons (Fsp3) is 0.940. The lowest BCUT2D eigenvalue weighted by Gasteiger charge is -2.18. The number of unbranched alkanes of at least 4 members (excludes halogenated alkanes) is 32. The van der Waals surface area contributed by atoms with Crippen LogP contribution in [0.25, 0.3) is 0 Å². The summed E-state index contributed by atoms with van der Waals surface area (Å²) in [6.07, 6.45) is 45.1. The minimum Gasteiger partial charge on any atom is -0.462 e. The molecule has 0 aromatic rings. The highest BCUT2D eigenvalue weighted by Crippen LogP contribution is 2.17. The predicted octanol–water partition coefficient (Wildman–Crippen LogP) is 15.9. The maximum atomic E-state index is 12.7. The van der Waals surface area contributed by atoms with Gasteiger partial charge < -0.3 is 14.2 Å². The van der Waals surface area contributed by atoms with Crippen LogP contribution < -0.4 is 0 Å². The molecule has 0 N–H and O–H groups in total. The molecule has 0 fully saturated rings. The van der Waals surface area contributed by atoms with Crippen molar-refractivity contribution in [1.82, 2.24) is 0 Å². The molecule has 6 nitrogen and oxygen atoms in total. The number of hydrogen-bond acceptors (Lipinski definition) is 6. The van der Waals surface area contributed by atoms with Crippen molar-refractivity contribution in [3.8, 4) is 0 Å². The topological polar surface area (TPSA) is 78.9 Å². The van der Waals surface area contributed by atoms with Crippen molar-refractivity contribution in [2.24, 2.45) is 5.92 Å². The number of carbonyl (C=O) groups is 3. The number of ether oxygens (including phenoxy) is 3. The molecule has 0 radical (unpaired) electrons. The van der Waals surface area contributed by atoms with Crippen molar-refractivity contribution >= 4 is 17.9 Å². The summed E-state index contributed by atoms with van der Waals surface area (Å²) in [5, 5.41) is 0. The molecule has 0 unspecified atom stereocenters. The Morgan fingerprint density at radius 2 is 0.589 bits per heavy atom. The van der Waals surface area contributed by atoms with Crippen LogP contribution in [0.15, 0.2) is 0 Å². The average Bonchev–Trinajstić information content (AvgIpc) is 3.18. The number of hydrogen-bond donors (Lipinski definition) is 0. The normalized spacial score (nSPS) is 11.9. The van der Waals surface area contributed by atoms with E-state index in [-0.39, 0.29) is 31.1 Å². The SMILES string of the molecule is CCCCCCCCCCCCCCC(=O)OC[C@@H](COC(=O)CCCCCCCCCCCCCC(C)C)OC(=O)CCCCCCCCCCCCCC. The Balaban J connectivity index is 4.31. The first-order chi connectivity index (χ1) is 27.4. The van der Waals surface area contributed by atoms with E-state index in [1.54, 1.807) is 0 Å². The van der Waals surface area contributed by atoms with E-state index >= 15 is 0 Å². The summed E-state index contributed by atoms with van der Waals surface area (Å²) >= 11 is 0. The van der Waals surface area contributed by atoms with Crippen molar-refractivity contribution in [3.63, 3.8) is 0 Å². The number of carbonyl (C=O) groups excluding carboxylic acids is 3. The zero-order valence-corrected chi connectivity index (χ0v) is 38.1. The number of rotatable bonds is 45. The average molecular weight is 793 g/mol. The molecular weight excluding hydrogens is 697 g/mol. The van der Waals surface area contributed by atoms with E-state index in [2.05, 4.69) is 27.7 Å². The van der Waals surface area contributed by atoms with Gasteiger partial charge in [0.2, 0.25) is 0 Å². The third-order valence-electron chi connectivity index (χ3n) is 11.3. The molecular formula is C50H96O6. The molecule has 56 heavy (non-hydrogen) atoms. The highest BCUT2D eigenvalue weighted by molar-refractivity contribution is 5.71. The molecule has 0 aliphatic heterocycles. The van der Waals surface area contributed by atoms with Gasteiger partial charge >= 0.3 is 17.9 Å². The van der Waals surface area contributed by atoms with Crippen molar-refractivity contribution in [3.05, 3.63) is 0 Å². The summed E-state index contributed by atoms with van der Waals surface area (Å²) in [5.41, 5.74) is 0. The van der Waals surface area contributed by atoms with Gasteiger partial charge in [0, 0.05) is 19.3 Å². The second-order valence-corrected chi connectivity index (χ2v) is 17.6. The van der Waals surface area contributed by atoms with E-state index in [0.29, 0.717) is 19.3 Å². The molecule has 0 heterocycles. The van der Waals surface area contributed by atoms with Crippen LogP contribution in [0.3, 0.4) is 0 Å². The van der Waals surface area contributed by atoms with E-state index in [0.717, 1.165) is 63.7 Å². The van der Waals surface area contributed by atoms with E-state index in [9.17, 15) is 14.4 Å². The van der Waals surface area contributed by atoms with Crippen molar-refractivity contribution in [2.45, 2.75) is 284 Å². The van der Waals surface area contributed by atoms with E-state index in [1.165, 1.54) is 173 Å². The fourth-order valence-electron chi connectivity index (χ4n) is 7.51. The molecule has 0 saturated carbocycles. The lowest BCUT2D eigenvalue weighted by atomic mass is 10.0. The van der Waals surface area contributed by atoms with Gasteiger partial charge in [-0.2, -0.15) is 0 Å². The second-order valence-electron chi connectivity index (χ2n) is 17.6. The highest BCUT2D eigenvalue weighted by atomic mass is 16.6.